The maximum atomic E-state index is 6.91. The molecule has 0 spiro atoms. The van der Waals surface area contributed by atoms with Crippen molar-refractivity contribution in [3.8, 4) is 44.5 Å². The molecule has 0 bridgehead atoms. The van der Waals surface area contributed by atoms with Crippen molar-refractivity contribution in [2.24, 2.45) is 0 Å². The SMILES string of the molecule is CC(C)(C)c1c(-c2cccc3c2oc2ccccc23)cc(CC(C)(C)c2c(-c3cccc4oc5ccccc5c34)cccc2-c2cccc3sc4ccccc4c23)cc1-c1cccc2c1sc1ccccc12. The van der Waals surface area contributed by atoms with Gasteiger partial charge in [0.05, 0.1) is 0 Å². The fourth-order valence-electron chi connectivity index (χ4n) is 12.3. The first-order valence-corrected chi connectivity index (χ1v) is 26.7. The molecule has 0 unspecified atom stereocenters. The monoisotopic (exact) mass is 962 g/mol. The fraction of sp³-hybridized carbons (Fsp3) is 0.118. The minimum Gasteiger partial charge on any atom is -0.456 e. The molecular formula is C68H50O2S2. The predicted molar refractivity (Wildman–Crippen MR) is 310 cm³/mol. The number of para-hydroxylation sites is 3. The van der Waals surface area contributed by atoms with Gasteiger partial charge in [-0.3, -0.25) is 0 Å². The Hall–Kier alpha value is -7.76. The zero-order valence-electron chi connectivity index (χ0n) is 40.9. The summed E-state index contributed by atoms with van der Waals surface area (Å²) in [5.74, 6) is 0. The van der Waals surface area contributed by atoms with Crippen LogP contribution >= 0.6 is 22.7 Å². The normalized spacial score (nSPS) is 12.6. The molecule has 346 valence electrons. The summed E-state index contributed by atoms with van der Waals surface area (Å²) >= 11 is 3.78. The Bertz CT molecular complexity index is 4240. The third kappa shape index (κ3) is 6.66. The Balaban J connectivity index is 1.06. The van der Waals surface area contributed by atoms with Crippen LogP contribution in [0.25, 0.3) is 129 Å². The van der Waals surface area contributed by atoms with Crippen LogP contribution in [0, 0.1) is 0 Å². The maximum Gasteiger partial charge on any atom is 0.143 e. The Labute approximate surface area is 426 Å². The van der Waals surface area contributed by atoms with Crippen LogP contribution in [0.3, 0.4) is 0 Å². The summed E-state index contributed by atoms with van der Waals surface area (Å²) in [6, 6.07) is 73.9. The Kier molecular flexibility index (Phi) is 9.65. The molecular weight excluding hydrogens is 913 g/mol. The second-order valence-corrected chi connectivity index (χ2v) is 23.4. The van der Waals surface area contributed by atoms with Crippen molar-refractivity contribution in [1.82, 2.24) is 0 Å². The largest absolute Gasteiger partial charge is 0.456 e. The van der Waals surface area contributed by atoms with Crippen LogP contribution in [0.5, 0.6) is 0 Å². The Morgan fingerprint density at radius 3 is 1.60 bits per heavy atom. The van der Waals surface area contributed by atoms with Gasteiger partial charge in [0.1, 0.15) is 22.3 Å². The average molecular weight is 963 g/mol. The molecule has 0 atom stereocenters. The van der Waals surface area contributed by atoms with Crippen LogP contribution in [-0.4, -0.2) is 0 Å². The molecule has 72 heavy (non-hydrogen) atoms. The van der Waals surface area contributed by atoms with Crippen LogP contribution in [0.1, 0.15) is 51.3 Å². The van der Waals surface area contributed by atoms with Crippen molar-refractivity contribution in [1.29, 1.82) is 0 Å². The van der Waals surface area contributed by atoms with E-state index in [1.54, 1.807) is 0 Å². The van der Waals surface area contributed by atoms with Crippen LogP contribution in [0.4, 0.5) is 0 Å². The van der Waals surface area contributed by atoms with E-state index in [0.29, 0.717) is 0 Å². The van der Waals surface area contributed by atoms with E-state index < -0.39 is 5.41 Å². The first kappa shape index (κ1) is 43.1. The molecule has 4 heteroatoms. The Morgan fingerprint density at radius 1 is 0.347 bits per heavy atom. The average Bonchev–Trinajstić information content (AvgIpc) is 4.18. The summed E-state index contributed by atoms with van der Waals surface area (Å²) in [5, 5.41) is 9.77. The second kappa shape index (κ2) is 16.1. The Morgan fingerprint density at radius 2 is 0.847 bits per heavy atom. The van der Waals surface area contributed by atoms with E-state index in [1.165, 1.54) is 96.0 Å². The summed E-state index contributed by atoms with van der Waals surface area (Å²) in [7, 11) is 0. The molecule has 0 saturated heterocycles. The van der Waals surface area contributed by atoms with E-state index >= 15 is 0 Å². The van der Waals surface area contributed by atoms with Gasteiger partial charge in [-0.15, -0.1) is 22.7 Å². The predicted octanol–water partition coefficient (Wildman–Crippen LogP) is 20.7. The van der Waals surface area contributed by atoms with Gasteiger partial charge in [-0.05, 0) is 109 Å². The van der Waals surface area contributed by atoms with E-state index in [-0.39, 0.29) is 5.41 Å². The summed E-state index contributed by atoms with van der Waals surface area (Å²) in [5.41, 5.74) is 16.7. The number of furan rings is 2. The van der Waals surface area contributed by atoms with Crippen molar-refractivity contribution in [2.75, 3.05) is 0 Å². The molecule has 0 amide bonds. The lowest BCUT2D eigenvalue weighted by molar-refractivity contribution is 0.525. The highest BCUT2D eigenvalue weighted by atomic mass is 32.1. The highest BCUT2D eigenvalue weighted by molar-refractivity contribution is 7.26. The van der Waals surface area contributed by atoms with E-state index in [1.807, 2.05) is 22.7 Å². The zero-order valence-corrected chi connectivity index (χ0v) is 42.5. The van der Waals surface area contributed by atoms with E-state index in [4.69, 9.17) is 8.83 Å². The second-order valence-electron chi connectivity index (χ2n) is 21.2. The first-order chi connectivity index (χ1) is 35.1. The van der Waals surface area contributed by atoms with E-state index in [2.05, 4.69) is 235 Å². The number of thiophene rings is 2. The van der Waals surface area contributed by atoms with Gasteiger partial charge in [0.15, 0.2) is 0 Å². The van der Waals surface area contributed by atoms with Crippen LogP contribution < -0.4 is 0 Å². The van der Waals surface area contributed by atoms with Gasteiger partial charge in [0.2, 0.25) is 0 Å². The third-order valence-electron chi connectivity index (χ3n) is 15.1. The molecule has 2 nitrogen and oxygen atoms in total. The third-order valence-corrected chi connectivity index (χ3v) is 17.5. The van der Waals surface area contributed by atoms with Crippen molar-refractivity contribution in [3.05, 3.63) is 217 Å². The van der Waals surface area contributed by atoms with Gasteiger partial charge < -0.3 is 8.83 Å². The molecule has 10 aromatic carbocycles. The lowest BCUT2D eigenvalue weighted by Gasteiger charge is -2.33. The van der Waals surface area contributed by atoms with Gasteiger partial charge in [0, 0.05) is 67.5 Å². The molecule has 0 N–H and O–H groups in total. The minimum absolute atomic E-state index is 0.237. The van der Waals surface area contributed by atoms with Crippen molar-refractivity contribution in [2.45, 2.75) is 51.9 Å². The van der Waals surface area contributed by atoms with E-state index in [9.17, 15) is 0 Å². The highest BCUT2D eigenvalue weighted by Crippen LogP contribution is 2.52. The smallest absolute Gasteiger partial charge is 0.143 e. The van der Waals surface area contributed by atoms with E-state index in [0.717, 1.165) is 55.9 Å². The molecule has 0 fully saturated rings. The quantitative estimate of drug-likeness (QED) is 0.159. The summed E-state index contributed by atoms with van der Waals surface area (Å²) in [6.07, 6.45) is 0.766. The molecule has 14 aromatic rings. The lowest BCUT2D eigenvalue weighted by atomic mass is 9.70. The molecule has 0 aliphatic rings. The maximum absolute atomic E-state index is 6.91. The molecule has 0 aliphatic heterocycles. The van der Waals surface area contributed by atoms with Gasteiger partial charge >= 0.3 is 0 Å². The van der Waals surface area contributed by atoms with Gasteiger partial charge in [0.25, 0.3) is 0 Å². The van der Waals surface area contributed by atoms with Crippen molar-refractivity contribution < 1.29 is 8.83 Å². The standard InChI is InChI=1S/C68H50O2S2/c1-67(2,3)63-53(48-28-15-27-47-41-19-6-10-31-55(41)70-65(47)48)37-40(38-54(63)50-30-16-29-49-42-20-8-12-34-58(42)72-66(49)50)39-68(4,5)64-45(43-23-17-33-57-61(43)51-21-7-11-32-56(51)69-57)25-14-26-46(64)44-24-18-36-60-62(44)52-22-9-13-35-59(52)71-60/h6-38H,39H2,1-5H3. The van der Waals surface area contributed by atoms with Crippen molar-refractivity contribution >= 4 is 107 Å². The topological polar surface area (TPSA) is 26.3 Å². The molecule has 4 aromatic heterocycles. The molecule has 0 aliphatic carbocycles. The molecule has 0 radical (unpaired) electrons. The molecule has 14 rings (SSSR count). The van der Waals surface area contributed by atoms with Crippen LogP contribution in [-0.2, 0) is 17.3 Å². The molecule has 4 heterocycles. The van der Waals surface area contributed by atoms with Crippen LogP contribution in [0.2, 0.25) is 0 Å². The van der Waals surface area contributed by atoms with Gasteiger partial charge in [-0.1, -0.05) is 198 Å². The fourth-order valence-corrected chi connectivity index (χ4v) is 14.6. The first-order valence-electron chi connectivity index (χ1n) is 25.0. The summed E-state index contributed by atoms with van der Waals surface area (Å²) in [6.45, 7) is 12.1. The number of hydrogen-bond donors (Lipinski definition) is 0. The number of rotatable bonds is 7. The van der Waals surface area contributed by atoms with Gasteiger partial charge in [-0.2, -0.15) is 0 Å². The van der Waals surface area contributed by atoms with Crippen molar-refractivity contribution in [3.63, 3.8) is 0 Å². The van der Waals surface area contributed by atoms with Gasteiger partial charge in [-0.25, -0.2) is 0 Å². The highest BCUT2D eigenvalue weighted by Gasteiger charge is 2.33. The summed E-state index contributed by atoms with van der Waals surface area (Å²) in [4.78, 5) is 0. The minimum atomic E-state index is -0.408. The zero-order chi connectivity index (χ0) is 48.5. The number of hydrogen-bond acceptors (Lipinski definition) is 4. The number of fused-ring (bicyclic) bond motifs is 12. The van der Waals surface area contributed by atoms with Crippen LogP contribution in [0.15, 0.2) is 209 Å². The lowest BCUT2D eigenvalue weighted by Crippen LogP contribution is -2.23. The number of benzene rings is 10. The molecule has 0 saturated carbocycles. The summed E-state index contributed by atoms with van der Waals surface area (Å²) < 4.78 is 18.7.